The van der Waals surface area contributed by atoms with Gasteiger partial charge in [-0.2, -0.15) is 0 Å². The van der Waals surface area contributed by atoms with E-state index in [2.05, 4.69) is 24.9 Å². The zero-order valence-electron chi connectivity index (χ0n) is 9.79. The molecule has 1 heterocycles. The summed E-state index contributed by atoms with van der Waals surface area (Å²) in [5.74, 6) is 1.46. The van der Waals surface area contributed by atoms with Gasteiger partial charge in [0.15, 0.2) is 0 Å². The molecule has 1 aliphatic carbocycles. The van der Waals surface area contributed by atoms with Crippen LogP contribution in [0.3, 0.4) is 0 Å². The molecule has 0 N–H and O–H groups in total. The average molecular weight is 205 g/mol. The first kappa shape index (κ1) is 10.5. The van der Waals surface area contributed by atoms with Crippen LogP contribution in [0, 0.1) is 6.92 Å². The highest BCUT2D eigenvalue weighted by atomic mass is 16.5. The highest BCUT2D eigenvalue weighted by Gasteiger charge is 2.19. The van der Waals surface area contributed by atoms with Gasteiger partial charge in [-0.15, -0.1) is 0 Å². The number of aryl methyl sites for hydroxylation is 1. The number of hydrogen-bond acceptors (Lipinski definition) is 2. The summed E-state index contributed by atoms with van der Waals surface area (Å²) in [6, 6.07) is 4.11. The van der Waals surface area contributed by atoms with Crippen molar-refractivity contribution in [1.29, 1.82) is 0 Å². The van der Waals surface area contributed by atoms with Crippen LogP contribution >= 0.6 is 0 Å². The van der Waals surface area contributed by atoms with Crippen molar-refractivity contribution in [3.05, 3.63) is 23.5 Å². The summed E-state index contributed by atoms with van der Waals surface area (Å²) >= 11 is 0. The number of hydrogen-bond donors (Lipinski definition) is 0. The van der Waals surface area contributed by atoms with Crippen LogP contribution in [-0.2, 0) is 0 Å². The Morgan fingerprint density at radius 2 is 2.07 bits per heavy atom. The van der Waals surface area contributed by atoms with E-state index >= 15 is 0 Å². The van der Waals surface area contributed by atoms with E-state index in [-0.39, 0.29) is 0 Å². The number of rotatable bonds is 3. The molecular weight excluding hydrogens is 186 g/mol. The van der Waals surface area contributed by atoms with Crippen LogP contribution < -0.4 is 4.74 Å². The Balaban J connectivity index is 2.15. The molecule has 1 fully saturated rings. The molecule has 0 bridgehead atoms. The Labute approximate surface area is 91.7 Å². The van der Waals surface area contributed by atoms with Crippen molar-refractivity contribution in [3.63, 3.8) is 0 Å². The summed E-state index contributed by atoms with van der Waals surface area (Å²) in [4.78, 5) is 4.50. The molecule has 0 aromatic carbocycles. The zero-order chi connectivity index (χ0) is 10.8. The van der Waals surface area contributed by atoms with Gasteiger partial charge in [-0.3, -0.25) is 4.98 Å². The molecule has 1 aromatic rings. The quantitative estimate of drug-likeness (QED) is 0.754. The first-order valence-electron chi connectivity index (χ1n) is 5.80. The Hall–Kier alpha value is -1.05. The van der Waals surface area contributed by atoms with Gasteiger partial charge in [0.1, 0.15) is 5.75 Å². The Kier molecular flexibility index (Phi) is 2.94. The second kappa shape index (κ2) is 4.21. The fourth-order valence-electron chi connectivity index (χ4n) is 1.71. The molecule has 2 heteroatoms. The summed E-state index contributed by atoms with van der Waals surface area (Å²) in [6.07, 6.45) is 4.18. The molecule has 1 aromatic heterocycles. The summed E-state index contributed by atoms with van der Waals surface area (Å²) in [7, 11) is 0. The Morgan fingerprint density at radius 1 is 1.33 bits per heavy atom. The smallest absolute Gasteiger partial charge is 0.123 e. The van der Waals surface area contributed by atoms with Gasteiger partial charge in [0.2, 0.25) is 0 Å². The van der Waals surface area contributed by atoms with E-state index in [1.54, 1.807) is 0 Å². The third-order valence-electron chi connectivity index (χ3n) is 2.89. The van der Waals surface area contributed by atoms with Crippen LogP contribution in [0.15, 0.2) is 12.1 Å². The number of ether oxygens (including phenoxy) is 1. The summed E-state index contributed by atoms with van der Waals surface area (Å²) in [5, 5.41) is 0. The highest BCUT2D eigenvalue weighted by molar-refractivity contribution is 5.28. The third-order valence-corrected chi connectivity index (χ3v) is 2.89. The van der Waals surface area contributed by atoms with Gasteiger partial charge in [-0.1, -0.05) is 13.8 Å². The Morgan fingerprint density at radius 3 is 2.60 bits per heavy atom. The first-order valence-corrected chi connectivity index (χ1v) is 5.80. The second-order valence-electron chi connectivity index (χ2n) is 4.69. The van der Waals surface area contributed by atoms with Crippen LogP contribution in [0.25, 0.3) is 0 Å². The fourth-order valence-corrected chi connectivity index (χ4v) is 1.71. The van der Waals surface area contributed by atoms with Crippen molar-refractivity contribution in [1.82, 2.24) is 4.98 Å². The summed E-state index contributed by atoms with van der Waals surface area (Å²) in [6.45, 7) is 6.35. The van der Waals surface area contributed by atoms with Gasteiger partial charge in [-0.05, 0) is 32.1 Å². The van der Waals surface area contributed by atoms with E-state index in [1.165, 1.54) is 19.3 Å². The second-order valence-corrected chi connectivity index (χ2v) is 4.69. The molecule has 2 nitrogen and oxygen atoms in total. The minimum absolute atomic E-state index is 0.451. The van der Waals surface area contributed by atoms with Crippen LogP contribution in [0.5, 0.6) is 5.75 Å². The SMILES string of the molecule is Cc1cc(OC2CCC2)cc(C(C)C)n1. The third kappa shape index (κ3) is 2.49. The van der Waals surface area contributed by atoms with Gasteiger partial charge in [0.05, 0.1) is 6.10 Å². The fraction of sp³-hybridized carbons (Fsp3) is 0.615. The van der Waals surface area contributed by atoms with Crippen LogP contribution in [0.4, 0.5) is 0 Å². The summed E-state index contributed by atoms with van der Waals surface area (Å²) < 4.78 is 5.88. The molecule has 0 amide bonds. The van der Waals surface area contributed by atoms with Crippen LogP contribution in [-0.4, -0.2) is 11.1 Å². The van der Waals surface area contributed by atoms with Crippen molar-refractivity contribution < 1.29 is 4.74 Å². The maximum absolute atomic E-state index is 5.88. The normalized spacial score (nSPS) is 16.5. The van der Waals surface area contributed by atoms with Gasteiger partial charge < -0.3 is 4.74 Å². The van der Waals surface area contributed by atoms with Crippen LogP contribution in [0.1, 0.15) is 50.4 Å². The van der Waals surface area contributed by atoms with Crippen LogP contribution in [0.2, 0.25) is 0 Å². The lowest BCUT2D eigenvalue weighted by Gasteiger charge is -2.26. The van der Waals surface area contributed by atoms with Crippen molar-refractivity contribution >= 4 is 0 Å². The maximum Gasteiger partial charge on any atom is 0.123 e. The van der Waals surface area contributed by atoms with Gasteiger partial charge >= 0.3 is 0 Å². The van der Waals surface area contributed by atoms with Crippen molar-refractivity contribution in [2.45, 2.75) is 52.1 Å². The largest absolute Gasteiger partial charge is 0.490 e. The molecule has 1 saturated carbocycles. The minimum Gasteiger partial charge on any atom is -0.490 e. The van der Waals surface area contributed by atoms with E-state index in [0.717, 1.165) is 17.1 Å². The van der Waals surface area contributed by atoms with E-state index < -0.39 is 0 Å². The predicted octanol–water partition coefficient (Wildman–Crippen LogP) is 3.44. The van der Waals surface area contributed by atoms with Gasteiger partial charge in [-0.25, -0.2) is 0 Å². The molecular formula is C13H19NO. The standard InChI is InChI=1S/C13H19NO/c1-9(2)13-8-12(7-10(3)14-13)15-11-5-4-6-11/h7-9,11H,4-6H2,1-3H3. The van der Waals surface area contributed by atoms with Crippen molar-refractivity contribution in [3.8, 4) is 5.75 Å². The number of nitrogens with zero attached hydrogens (tertiary/aromatic N) is 1. The van der Waals surface area contributed by atoms with Crippen molar-refractivity contribution in [2.24, 2.45) is 0 Å². The number of pyridine rings is 1. The molecule has 1 aliphatic rings. The maximum atomic E-state index is 5.88. The summed E-state index contributed by atoms with van der Waals surface area (Å²) in [5.41, 5.74) is 2.18. The average Bonchev–Trinajstić information content (AvgIpc) is 2.10. The molecule has 0 spiro atoms. The van der Waals surface area contributed by atoms with Gasteiger partial charge in [0, 0.05) is 23.5 Å². The monoisotopic (exact) mass is 205 g/mol. The molecule has 0 saturated heterocycles. The first-order chi connectivity index (χ1) is 7.15. The molecule has 2 rings (SSSR count). The molecule has 82 valence electrons. The van der Waals surface area contributed by atoms with E-state index in [4.69, 9.17) is 4.74 Å². The van der Waals surface area contributed by atoms with Gasteiger partial charge in [0.25, 0.3) is 0 Å². The molecule has 15 heavy (non-hydrogen) atoms. The number of aromatic nitrogens is 1. The van der Waals surface area contributed by atoms with E-state index in [9.17, 15) is 0 Å². The van der Waals surface area contributed by atoms with Crippen molar-refractivity contribution in [2.75, 3.05) is 0 Å². The lowest BCUT2D eigenvalue weighted by Crippen LogP contribution is -2.24. The molecule has 0 aliphatic heterocycles. The lowest BCUT2D eigenvalue weighted by atomic mass is 9.96. The van der Waals surface area contributed by atoms with E-state index in [0.29, 0.717) is 12.0 Å². The highest BCUT2D eigenvalue weighted by Crippen LogP contribution is 2.27. The molecule has 0 unspecified atom stereocenters. The molecule has 0 atom stereocenters. The lowest BCUT2D eigenvalue weighted by molar-refractivity contribution is 0.120. The predicted molar refractivity (Wildman–Crippen MR) is 61.3 cm³/mol. The Bertz CT molecular complexity index is 342. The molecule has 0 radical (unpaired) electrons. The minimum atomic E-state index is 0.451. The topological polar surface area (TPSA) is 22.1 Å². The zero-order valence-corrected chi connectivity index (χ0v) is 9.79. The van der Waals surface area contributed by atoms with E-state index in [1.807, 2.05) is 13.0 Å².